The van der Waals surface area contributed by atoms with Crippen LogP contribution in [0.5, 0.6) is 0 Å². The molecular formula is C34H44BrN2O2+. The molecule has 3 rings (SSSR count). The Kier molecular flexibility index (Phi) is 11.1. The summed E-state index contributed by atoms with van der Waals surface area (Å²) >= 11 is 3.51. The van der Waals surface area contributed by atoms with E-state index in [1.807, 2.05) is 55.1 Å². The number of amides is 1. The number of rotatable bonds is 13. The normalized spacial score (nSPS) is 11.5. The summed E-state index contributed by atoms with van der Waals surface area (Å²) in [6.45, 7) is 17.2. The monoisotopic (exact) mass is 591 g/mol. The van der Waals surface area contributed by atoms with Crippen molar-refractivity contribution in [2.45, 2.75) is 60.9 Å². The molecule has 1 amide bonds. The first-order valence-electron chi connectivity index (χ1n) is 14.1. The van der Waals surface area contributed by atoms with Crippen LogP contribution in [0, 0.1) is 27.7 Å². The quantitative estimate of drug-likeness (QED) is 0.115. The van der Waals surface area contributed by atoms with Gasteiger partial charge in [0.05, 0.1) is 19.6 Å². The third-order valence-corrected chi connectivity index (χ3v) is 8.18. The zero-order valence-corrected chi connectivity index (χ0v) is 26.1. The van der Waals surface area contributed by atoms with Crippen LogP contribution in [0.3, 0.4) is 0 Å². The molecule has 0 aliphatic heterocycles. The molecule has 4 nitrogen and oxygen atoms in total. The molecule has 0 fully saturated rings. The molecule has 0 bridgehead atoms. The molecule has 0 saturated carbocycles. The highest BCUT2D eigenvalue weighted by molar-refractivity contribution is 9.10. The molecule has 0 atom stereocenters. The molecule has 3 aromatic rings. The molecule has 0 N–H and O–H groups in total. The maximum atomic E-state index is 13.6. The van der Waals surface area contributed by atoms with Gasteiger partial charge in [0.2, 0.25) is 5.78 Å². The van der Waals surface area contributed by atoms with E-state index in [0.29, 0.717) is 25.2 Å². The van der Waals surface area contributed by atoms with E-state index < -0.39 is 0 Å². The minimum atomic E-state index is 0.0483. The second kappa shape index (κ2) is 14.0. The van der Waals surface area contributed by atoms with Crippen molar-refractivity contribution in [3.05, 3.63) is 104 Å². The molecule has 5 heteroatoms. The Morgan fingerprint density at radius 1 is 0.769 bits per heavy atom. The topological polar surface area (TPSA) is 37.4 Å². The van der Waals surface area contributed by atoms with Gasteiger partial charge in [-0.3, -0.25) is 9.59 Å². The minimum Gasteiger partial charge on any atom is -0.334 e. The predicted octanol–water partition coefficient (Wildman–Crippen LogP) is 7.84. The maximum absolute atomic E-state index is 13.6. The summed E-state index contributed by atoms with van der Waals surface area (Å²) in [7, 11) is 0. The average molecular weight is 593 g/mol. The Morgan fingerprint density at radius 3 is 1.92 bits per heavy atom. The number of likely N-dealkylation sites (N-methyl/N-ethyl adjacent to an activating group) is 1. The van der Waals surface area contributed by atoms with Gasteiger partial charge in [0.15, 0.2) is 0 Å². The number of carbonyl (C=O) groups is 2. The van der Waals surface area contributed by atoms with Crippen LogP contribution in [0.2, 0.25) is 0 Å². The second-order valence-electron chi connectivity index (χ2n) is 11.1. The van der Waals surface area contributed by atoms with Gasteiger partial charge in [-0.25, -0.2) is 0 Å². The third-order valence-electron chi connectivity index (χ3n) is 7.69. The van der Waals surface area contributed by atoms with E-state index in [1.165, 1.54) is 11.1 Å². The van der Waals surface area contributed by atoms with E-state index in [0.717, 1.165) is 63.7 Å². The van der Waals surface area contributed by atoms with Gasteiger partial charge in [-0.1, -0.05) is 68.5 Å². The van der Waals surface area contributed by atoms with Crippen molar-refractivity contribution in [2.24, 2.45) is 0 Å². The predicted molar refractivity (Wildman–Crippen MR) is 165 cm³/mol. The first-order valence-corrected chi connectivity index (χ1v) is 14.9. The van der Waals surface area contributed by atoms with Crippen molar-refractivity contribution in [1.82, 2.24) is 4.90 Å². The standard InChI is InChI=1S/C34H44BrN2O2/c1-7-37(8-2,24-33(38)31-20-27(5)17-28(6)21-31)15-10-9-14-36(23-29-18-25(3)16-26(4)19-29)34(39)30-12-11-13-32(35)22-30/h11-13,16-22H,7-10,14-15,23-24H2,1-6H3/q+1. The van der Waals surface area contributed by atoms with Gasteiger partial charge in [-0.05, 0) is 90.3 Å². The number of ketones is 1. The minimum absolute atomic E-state index is 0.0483. The van der Waals surface area contributed by atoms with E-state index in [4.69, 9.17) is 0 Å². The van der Waals surface area contributed by atoms with Gasteiger partial charge >= 0.3 is 0 Å². The summed E-state index contributed by atoms with van der Waals surface area (Å²) in [5.41, 5.74) is 7.34. The van der Waals surface area contributed by atoms with Crippen molar-refractivity contribution < 1.29 is 14.1 Å². The first-order chi connectivity index (χ1) is 18.5. The van der Waals surface area contributed by atoms with Crippen molar-refractivity contribution in [2.75, 3.05) is 32.7 Å². The largest absolute Gasteiger partial charge is 0.334 e. The molecule has 0 saturated heterocycles. The van der Waals surface area contributed by atoms with Crippen LogP contribution in [0.25, 0.3) is 0 Å². The second-order valence-corrected chi connectivity index (χ2v) is 12.0. The molecular weight excluding hydrogens is 548 g/mol. The van der Waals surface area contributed by atoms with Crippen molar-refractivity contribution in [3.63, 3.8) is 0 Å². The maximum Gasteiger partial charge on any atom is 0.254 e. The molecule has 0 radical (unpaired) electrons. The molecule has 0 heterocycles. The van der Waals surface area contributed by atoms with Crippen LogP contribution in [-0.4, -0.2) is 53.8 Å². The molecule has 0 aliphatic rings. The van der Waals surface area contributed by atoms with Gasteiger partial charge in [0, 0.05) is 28.7 Å². The molecule has 3 aromatic carbocycles. The molecule has 0 unspecified atom stereocenters. The number of nitrogens with zero attached hydrogens (tertiary/aromatic N) is 2. The number of halogens is 1. The average Bonchev–Trinajstić information content (AvgIpc) is 2.88. The fourth-order valence-electron chi connectivity index (χ4n) is 5.56. The van der Waals surface area contributed by atoms with Crippen LogP contribution >= 0.6 is 15.9 Å². The van der Waals surface area contributed by atoms with Gasteiger partial charge in [-0.2, -0.15) is 0 Å². The van der Waals surface area contributed by atoms with Crippen LogP contribution < -0.4 is 0 Å². The number of aryl methyl sites for hydroxylation is 4. The number of hydrogen-bond donors (Lipinski definition) is 0. The molecule has 0 aliphatic carbocycles. The van der Waals surface area contributed by atoms with E-state index in [9.17, 15) is 9.59 Å². The summed E-state index contributed by atoms with van der Waals surface area (Å²) in [6, 6.07) is 20.3. The lowest BCUT2D eigenvalue weighted by molar-refractivity contribution is -0.917. The highest BCUT2D eigenvalue weighted by Crippen LogP contribution is 2.19. The van der Waals surface area contributed by atoms with Gasteiger partial charge in [0.1, 0.15) is 6.54 Å². The molecule has 208 valence electrons. The third kappa shape index (κ3) is 8.87. The molecule has 39 heavy (non-hydrogen) atoms. The summed E-state index contributed by atoms with van der Waals surface area (Å²) < 4.78 is 1.67. The van der Waals surface area contributed by atoms with Crippen molar-refractivity contribution in [1.29, 1.82) is 0 Å². The SMILES string of the molecule is CC[N+](CC)(CCCCN(Cc1cc(C)cc(C)c1)C(=O)c1cccc(Br)c1)CC(=O)c1cc(C)cc(C)c1. The number of hydrogen-bond acceptors (Lipinski definition) is 2. The molecule has 0 aromatic heterocycles. The summed E-state index contributed by atoms with van der Waals surface area (Å²) in [4.78, 5) is 28.8. The Balaban J connectivity index is 1.70. The molecule has 0 spiro atoms. The summed E-state index contributed by atoms with van der Waals surface area (Å²) in [5, 5.41) is 0. The zero-order valence-electron chi connectivity index (χ0n) is 24.5. The number of carbonyl (C=O) groups excluding carboxylic acids is 2. The highest BCUT2D eigenvalue weighted by Gasteiger charge is 2.27. The van der Waals surface area contributed by atoms with E-state index in [-0.39, 0.29) is 11.7 Å². The Morgan fingerprint density at radius 2 is 1.36 bits per heavy atom. The Bertz CT molecular complexity index is 1260. The lowest BCUT2D eigenvalue weighted by atomic mass is 10.0. The Hall–Kier alpha value is -2.76. The fraction of sp³-hybridized carbons (Fsp3) is 0.412. The Labute approximate surface area is 243 Å². The lowest BCUT2D eigenvalue weighted by Gasteiger charge is -2.36. The first kappa shape index (κ1) is 30.8. The van der Waals surface area contributed by atoms with Crippen molar-refractivity contribution in [3.8, 4) is 0 Å². The fourth-order valence-corrected chi connectivity index (χ4v) is 5.96. The van der Waals surface area contributed by atoms with E-state index in [2.05, 4.69) is 67.9 Å². The summed E-state index contributed by atoms with van der Waals surface area (Å²) in [6.07, 6.45) is 1.85. The van der Waals surface area contributed by atoms with Crippen LogP contribution in [0.15, 0.2) is 65.1 Å². The number of unbranched alkanes of at least 4 members (excludes halogenated alkanes) is 1. The van der Waals surface area contributed by atoms with Crippen LogP contribution in [-0.2, 0) is 6.54 Å². The summed E-state index contributed by atoms with van der Waals surface area (Å²) in [5.74, 6) is 0.263. The highest BCUT2D eigenvalue weighted by atomic mass is 79.9. The van der Waals surface area contributed by atoms with Gasteiger partial charge in [0.25, 0.3) is 5.91 Å². The van der Waals surface area contributed by atoms with Gasteiger partial charge < -0.3 is 9.38 Å². The van der Waals surface area contributed by atoms with E-state index >= 15 is 0 Å². The van der Waals surface area contributed by atoms with Gasteiger partial charge in [-0.15, -0.1) is 0 Å². The number of quaternary nitrogens is 1. The zero-order chi connectivity index (χ0) is 28.6. The van der Waals surface area contributed by atoms with Crippen molar-refractivity contribution >= 4 is 27.6 Å². The van der Waals surface area contributed by atoms with Crippen LogP contribution in [0.4, 0.5) is 0 Å². The number of benzene rings is 3. The number of Topliss-reactive ketones (excluding diaryl/α,β-unsaturated/α-hetero) is 1. The lowest BCUT2D eigenvalue weighted by Crippen LogP contribution is -2.51. The smallest absolute Gasteiger partial charge is 0.254 e. The van der Waals surface area contributed by atoms with Crippen LogP contribution in [0.1, 0.15) is 75.2 Å². The van der Waals surface area contributed by atoms with E-state index in [1.54, 1.807) is 0 Å².